The first-order chi connectivity index (χ1) is 10.1. The maximum Gasteiger partial charge on any atom is 0.244 e. The van der Waals surface area contributed by atoms with Crippen LogP contribution in [0.2, 0.25) is 0 Å². The fraction of sp³-hybridized carbons (Fsp3) is 0.400. The van der Waals surface area contributed by atoms with E-state index in [-0.39, 0.29) is 12.5 Å². The van der Waals surface area contributed by atoms with Crippen molar-refractivity contribution in [1.82, 2.24) is 10.2 Å². The van der Waals surface area contributed by atoms with Crippen molar-refractivity contribution in [1.29, 1.82) is 5.26 Å². The van der Waals surface area contributed by atoms with Crippen molar-refractivity contribution in [3.63, 3.8) is 0 Å². The lowest BCUT2D eigenvalue weighted by Gasteiger charge is -2.19. The Bertz CT molecular complexity index is 511. The normalized spacial score (nSPS) is 11.3. The SMILES string of the molecule is COCCNC(=O)CN(C)C(=O)C(C#N)c1ccccc1. The lowest BCUT2D eigenvalue weighted by molar-refractivity contribution is -0.135. The number of likely N-dealkylation sites (N-methyl/N-ethyl adjacent to an activating group) is 1. The fourth-order valence-electron chi connectivity index (χ4n) is 1.78. The van der Waals surface area contributed by atoms with Crippen LogP contribution in [-0.4, -0.2) is 50.6 Å². The first kappa shape index (κ1) is 16.7. The molecule has 1 rings (SSSR count). The van der Waals surface area contributed by atoms with Gasteiger partial charge in [-0.3, -0.25) is 9.59 Å². The van der Waals surface area contributed by atoms with E-state index in [1.165, 1.54) is 11.9 Å². The molecule has 1 unspecified atom stereocenters. The highest BCUT2D eigenvalue weighted by atomic mass is 16.5. The molecule has 6 heteroatoms. The zero-order valence-corrected chi connectivity index (χ0v) is 12.2. The number of nitrogens with zero attached hydrogens (tertiary/aromatic N) is 2. The Hall–Kier alpha value is -2.39. The van der Waals surface area contributed by atoms with E-state index in [0.29, 0.717) is 18.7 Å². The van der Waals surface area contributed by atoms with Gasteiger partial charge >= 0.3 is 0 Å². The van der Waals surface area contributed by atoms with Gasteiger partial charge in [0, 0.05) is 20.7 Å². The third-order valence-electron chi connectivity index (χ3n) is 2.89. The summed E-state index contributed by atoms with van der Waals surface area (Å²) in [5, 5.41) is 11.8. The summed E-state index contributed by atoms with van der Waals surface area (Å²) in [6.45, 7) is 0.708. The number of carbonyl (C=O) groups is 2. The van der Waals surface area contributed by atoms with Crippen molar-refractivity contribution in [2.45, 2.75) is 5.92 Å². The molecule has 1 N–H and O–H groups in total. The lowest BCUT2D eigenvalue weighted by atomic mass is 9.99. The fourth-order valence-corrected chi connectivity index (χ4v) is 1.78. The Morgan fingerprint density at radius 2 is 2.05 bits per heavy atom. The van der Waals surface area contributed by atoms with E-state index in [4.69, 9.17) is 4.74 Å². The van der Waals surface area contributed by atoms with E-state index >= 15 is 0 Å². The van der Waals surface area contributed by atoms with Crippen LogP contribution in [0.15, 0.2) is 30.3 Å². The number of carbonyl (C=O) groups excluding carboxylic acids is 2. The summed E-state index contributed by atoms with van der Waals surface area (Å²) in [6, 6.07) is 10.8. The van der Waals surface area contributed by atoms with E-state index in [9.17, 15) is 14.9 Å². The van der Waals surface area contributed by atoms with E-state index in [2.05, 4.69) is 5.32 Å². The molecule has 21 heavy (non-hydrogen) atoms. The quantitative estimate of drug-likeness (QED) is 0.742. The zero-order chi connectivity index (χ0) is 15.7. The van der Waals surface area contributed by atoms with Crippen LogP contribution in [0.3, 0.4) is 0 Å². The Balaban J connectivity index is 2.60. The summed E-state index contributed by atoms with van der Waals surface area (Å²) >= 11 is 0. The zero-order valence-electron chi connectivity index (χ0n) is 12.2. The maximum absolute atomic E-state index is 12.2. The molecule has 6 nitrogen and oxygen atoms in total. The molecule has 1 atom stereocenters. The van der Waals surface area contributed by atoms with Crippen LogP contribution in [0.25, 0.3) is 0 Å². The van der Waals surface area contributed by atoms with Crippen LogP contribution in [0.5, 0.6) is 0 Å². The van der Waals surface area contributed by atoms with Crippen LogP contribution in [0.4, 0.5) is 0 Å². The molecule has 112 valence electrons. The number of methoxy groups -OCH3 is 1. The predicted molar refractivity (Wildman–Crippen MR) is 77.3 cm³/mol. The number of hydrogen-bond donors (Lipinski definition) is 1. The second kappa shape index (κ2) is 8.72. The van der Waals surface area contributed by atoms with Gasteiger partial charge in [0.2, 0.25) is 11.8 Å². The van der Waals surface area contributed by atoms with Gasteiger partial charge in [-0.25, -0.2) is 0 Å². The third kappa shape index (κ3) is 5.24. The summed E-state index contributed by atoms with van der Waals surface area (Å²) in [5.74, 6) is -1.58. The number of ether oxygens (including phenoxy) is 1. The van der Waals surface area contributed by atoms with E-state index in [1.54, 1.807) is 31.4 Å². The van der Waals surface area contributed by atoms with Crippen molar-refractivity contribution >= 4 is 11.8 Å². The van der Waals surface area contributed by atoms with Crippen LogP contribution in [0.1, 0.15) is 11.5 Å². The van der Waals surface area contributed by atoms with Gasteiger partial charge in [0.15, 0.2) is 0 Å². The first-order valence-electron chi connectivity index (χ1n) is 6.55. The topological polar surface area (TPSA) is 82.4 Å². The third-order valence-corrected chi connectivity index (χ3v) is 2.89. The second-order valence-corrected chi connectivity index (χ2v) is 4.51. The Morgan fingerprint density at radius 1 is 1.38 bits per heavy atom. The average Bonchev–Trinajstić information content (AvgIpc) is 2.49. The van der Waals surface area contributed by atoms with Gasteiger partial charge < -0.3 is 15.0 Å². The van der Waals surface area contributed by atoms with Crippen LogP contribution >= 0.6 is 0 Å². The van der Waals surface area contributed by atoms with Crippen LogP contribution in [-0.2, 0) is 14.3 Å². The number of hydrogen-bond acceptors (Lipinski definition) is 4. The molecular formula is C15H19N3O3. The molecule has 0 spiro atoms. The molecule has 0 radical (unpaired) electrons. The molecule has 0 saturated carbocycles. The number of rotatable bonds is 7. The van der Waals surface area contributed by atoms with Gasteiger partial charge in [-0.15, -0.1) is 0 Å². The predicted octanol–water partition coefficient (Wildman–Crippen LogP) is 0.515. The summed E-state index contributed by atoms with van der Waals surface area (Å²) in [4.78, 5) is 25.1. The highest BCUT2D eigenvalue weighted by Gasteiger charge is 2.24. The van der Waals surface area contributed by atoms with Gasteiger partial charge in [-0.2, -0.15) is 5.26 Å². The summed E-state index contributed by atoms with van der Waals surface area (Å²) in [5.41, 5.74) is 0.622. The molecule has 0 aliphatic carbocycles. The number of nitrogens with one attached hydrogen (secondary N) is 1. The minimum absolute atomic E-state index is 0.0897. The molecule has 0 fully saturated rings. The summed E-state index contributed by atoms with van der Waals surface area (Å²) in [6.07, 6.45) is 0. The van der Waals surface area contributed by atoms with E-state index in [0.717, 1.165) is 0 Å². The van der Waals surface area contributed by atoms with Crippen molar-refractivity contribution in [3.8, 4) is 6.07 Å². The lowest BCUT2D eigenvalue weighted by Crippen LogP contribution is -2.41. The van der Waals surface area contributed by atoms with Crippen molar-refractivity contribution in [2.75, 3.05) is 33.9 Å². The molecular weight excluding hydrogens is 270 g/mol. The highest BCUT2D eigenvalue weighted by molar-refractivity contribution is 5.90. The van der Waals surface area contributed by atoms with Crippen molar-refractivity contribution in [2.24, 2.45) is 0 Å². The molecule has 2 amide bonds. The van der Waals surface area contributed by atoms with Gasteiger partial charge in [0.05, 0.1) is 19.2 Å². The maximum atomic E-state index is 12.2. The minimum atomic E-state index is -0.900. The minimum Gasteiger partial charge on any atom is -0.383 e. The molecule has 0 aliphatic rings. The van der Waals surface area contributed by atoms with Gasteiger partial charge in [0.1, 0.15) is 5.92 Å². The summed E-state index contributed by atoms with van der Waals surface area (Å²) in [7, 11) is 3.05. The van der Waals surface area contributed by atoms with Crippen LogP contribution < -0.4 is 5.32 Å². The standard InChI is InChI=1S/C15H19N3O3/c1-18(11-14(19)17-8-9-21-2)15(20)13(10-16)12-6-4-3-5-7-12/h3-7,13H,8-9,11H2,1-2H3,(H,17,19). The monoisotopic (exact) mass is 289 g/mol. The van der Waals surface area contributed by atoms with Gasteiger partial charge in [-0.05, 0) is 5.56 Å². The number of amides is 2. The average molecular weight is 289 g/mol. The van der Waals surface area contributed by atoms with Crippen molar-refractivity contribution < 1.29 is 14.3 Å². The Morgan fingerprint density at radius 3 is 2.62 bits per heavy atom. The Labute approximate surface area is 124 Å². The molecule has 1 aromatic rings. The molecule has 0 heterocycles. The smallest absolute Gasteiger partial charge is 0.244 e. The van der Waals surface area contributed by atoms with Gasteiger partial charge in [0.25, 0.3) is 0 Å². The largest absolute Gasteiger partial charge is 0.383 e. The first-order valence-corrected chi connectivity index (χ1v) is 6.55. The van der Waals surface area contributed by atoms with Gasteiger partial charge in [-0.1, -0.05) is 30.3 Å². The molecule has 0 saturated heterocycles. The molecule has 0 bridgehead atoms. The molecule has 0 aromatic heterocycles. The molecule has 1 aromatic carbocycles. The summed E-state index contributed by atoms with van der Waals surface area (Å²) < 4.78 is 4.82. The van der Waals surface area contributed by atoms with E-state index in [1.807, 2.05) is 12.1 Å². The highest BCUT2D eigenvalue weighted by Crippen LogP contribution is 2.16. The Kier molecular flexibility index (Phi) is 6.92. The molecule has 0 aliphatic heterocycles. The van der Waals surface area contributed by atoms with Crippen LogP contribution in [0, 0.1) is 11.3 Å². The van der Waals surface area contributed by atoms with E-state index < -0.39 is 11.8 Å². The second-order valence-electron chi connectivity index (χ2n) is 4.51. The number of benzene rings is 1. The van der Waals surface area contributed by atoms with Crippen molar-refractivity contribution in [3.05, 3.63) is 35.9 Å². The number of nitriles is 1.